The summed E-state index contributed by atoms with van der Waals surface area (Å²) in [4.78, 5) is 5.08. The van der Waals surface area contributed by atoms with Crippen molar-refractivity contribution in [3.05, 3.63) is 219 Å². The molecule has 13 rings (SSSR count). The van der Waals surface area contributed by atoms with Crippen molar-refractivity contribution in [2.45, 2.75) is 57.8 Å². The molecule has 61 heavy (non-hydrogen) atoms. The lowest BCUT2D eigenvalue weighted by Gasteiger charge is -2.53. The van der Waals surface area contributed by atoms with Crippen molar-refractivity contribution < 1.29 is 4.74 Å². The van der Waals surface area contributed by atoms with Crippen LogP contribution < -0.4 is 30.9 Å². The van der Waals surface area contributed by atoms with Crippen LogP contribution in [0.5, 0.6) is 11.5 Å². The van der Waals surface area contributed by atoms with Gasteiger partial charge in [-0.3, -0.25) is 0 Å². The highest BCUT2D eigenvalue weighted by molar-refractivity contribution is 6.99. The second-order valence-corrected chi connectivity index (χ2v) is 19.0. The number of benzene rings is 8. The van der Waals surface area contributed by atoms with Crippen molar-refractivity contribution in [2.24, 2.45) is 0 Å². The lowest BCUT2D eigenvalue weighted by Crippen LogP contribution is -2.68. The molecule has 5 aliphatic heterocycles. The fourth-order valence-electron chi connectivity index (χ4n) is 12.6. The summed E-state index contributed by atoms with van der Waals surface area (Å²) in [7, 11) is 0. The third-order valence-electron chi connectivity index (χ3n) is 15.0. The van der Waals surface area contributed by atoms with E-state index in [-0.39, 0.29) is 17.5 Å². The van der Waals surface area contributed by atoms with Crippen LogP contribution in [0.1, 0.15) is 83.3 Å². The van der Waals surface area contributed by atoms with Crippen molar-refractivity contribution in [1.82, 2.24) is 0 Å². The summed E-state index contributed by atoms with van der Waals surface area (Å²) in [5.41, 5.74) is 23.4. The van der Waals surface area contributed by atoms with Gasteiger partial charge in [0.15, 0.2) is 0 Å². The number of fused-ring (bicyclic) bond motifs is 8. The smallest absolute Gasteiger partial charge is 0.252 e. The van der Waals surface area contributed by atoms with Crippen LogP contribution in [0.15, 0.2) is 164 Å². The number of hydrogen-bond donors (Lipinski definition) is 0. The lowest BCUT2D eigenvalue weighted by molar-refractivity contribution is 0.481. The van der Waals surface area contributed by atoms with Gasteiger partial charge >= 0.3 is 0 Å². The Labute approximate surface area is 359 Å². The fraction of sp³-hybridized carbons (Fsp3) is 0.158. The van der Waals surface area contributed by atoms with E-state index in [1.807, 2.05) is 0 Å². The molecule has 4 heteroatoms. The maximum Gasteiger partial charge on any atom is 0.252 e. The number of nitrogens with zero attached hydrogens (tertiary/aromatic N) is 2. The minimum atomic E-state index is -0.605. The first-order valence-electron chi connectivity index (χ1n) is 21.8. The van der Waals surface area contributed by atoms with E-state index in [2.05, 4.69) is 215 Å². The molecule has 0 N–H and O–H groups in total. The van der Waals surface area contributed by atoms with E-state index in [1.165, 1.54) is 100 Å². The molecule has 5 heterocycles. The third-order valence-corrected chi connectivity index (χ3v) is 15.0. The van der Waals surface area contributed by atoms with Crippen molar-refractivity contribution in [2.75, 3.05) is 9.80 Å². The van der Waals surface area contributed by atoms with Gasteiger partial charge in [0, 0.05) is 22.2 Å². The van der Waals surface area contributed by atoms with Crippen molar-refractivity contribution in [3.63, 3.8) is 0 Å². The first kappa shape index (κ1) is 35.0. The van der Waals surface area contributed by atoms with Crippen molar-refractivity contribution in [1.29, 1.82) is 0 Å². The van der Waals surface area contributed by atoms with Crippen LogP contribution in [-0.4, -0.2) is 6.71 Å². The molecule has 5 aliphatic rings. The minimum Gasteiger partial charge on any atom is -0.458 e. The van der Waals surface area contributed by atoms with Gasteiger partial charge in [-0.1, -0.05) is 153 Å². The predicted molar refractivity (Wildman–Crippen MR) is 253 cm³/mol. The van der Waals surface area contributed by atoms with Gasteiger partial charge in [0.2, 0.25) is 0 Å². The molecule has 0 unspecified atom stereocenters. The summed E-state index contributed by atoms with van der Waals surface area (Å²) in [6.45, 7) is 14.3. The number of ether oxygens (including phenoxy) is 1. The quantitative estimate of drug-likeness (QED) is 0.162. The average Bonchev–Trinajstić information content (AvgIpc) is 3.27. The normalized spacial score (nSPS) is 16.8. The summed E-state index contributed by atoms with van der Waals surface area (Å²) in [6, 6.07) is 61.9. The van der Waals surface area contributed by atoms with Crippen LogP contribution in [0.4, 0.5) is 34.1 Å². The van der Waals surface area contributed by atoms with E-state index in [9.17, 15) is 0 Å². The first-order chi connectivity index (χ1) is 29.6. The monoisotopic (exact) mass is 784 g/mol. The molecule has 8 aromatic rings. The van der Waals surface area contributed by atoms with E-state index in [4.69, 9.17) is 4.74 Å². The first-order valence-corrected chi connectivity index (χ1v) is 21.8. The van der Waals surface area contributed by atoms with Gasteiger partial charge in [-0.05, 0) is 124 Å². The molecular formula is C57H45BN2O. The van der Waals surface area contributed by atoms with E-state index in [0.29, 0.717) is 0 Å². The summed E-state index contributed by atoms with van der Waals surface area (Å²) in [5.74, 6) is 1.96. The lowest BCUT2D eigenvalue weighted by atomic mass is 9.26. The average molecular weight is 785 g/mol. The van der Waals surface area contributed by atoms with E-state index >= 15 is 0 Å². The molecule has 0 saturated heterocycles. The Morgan fingerprint density at radius 2 is 0.885 bits per heavy atom. The van der Waals surface area contributed by atoms with E-state index in [0.717, 1.165) is 17.2 Å². The van der Waals surface area contributed by atoms with Crippen molar-refractivity contribution >= 4 is 57.2 Å². The second kappa shape index (κ2) is 11.7. The van der Waals surface area contributed by atoms with Crippen LogP contribution in [0.3, 0.4) is 0 Å². The van der Waals surface area contributed by atoms with Gasteiger partial charge in [0.25, 0.3) is 6.71 Å². The molecule has 1 spiro atoms. The van der Waals surface area contributed by atoms with Gasteiger partial charge in [-0.2, -0.15) is 0 Å². The zero-order valence-electron chi connectivity index (χ0n) is 35.5. The highest BCUT2D eigenvalue weighted by atomic mass is 16.5. The standard InChI is InChI=1S/C57H45BN2O/c1-34-26-28-46-42(32-34)57(37-18-10-12-23-44(37)59(36-16-8-7-9-17-36)45-24-13-11-19-38(45)57)43-33-35(2)27-29-47(43)60(46)48-30-31-50-54-51(48)56(5,6)40-21-14-20-39-52(40)58(54)53-41(55(39,3)4)22-15-25-49(53)61-50/h7-33H,1-6H3. The maximum atomic E-state index is 7.04. The Bertz CT molecular complexity index is 3130. The fourth-order valence-corrected chi connectivity index (χ4v) is 12.6. The highest BCUT2D eigenvalue weighted by Crippen LogP contribution is 2.65. The highest BCUT2D eigenvalue weighted by Gasteiger charge is 2.55. The topological polar surface area (TPSA) is 15.7 Å². The molecule has 0 aromatic heterocycles. The van der Waals surface area contributed by atoms with Gasteiger partial charge in [0.1, 0.15) is 11.5 Å². The zero-order chi connectivity index (χ0) is 41.2. The third kappa shape index (κ3) is 4.21. The Morgan fingerprint density at radius 1 is 0.393 bits per heavy atom. The summed E-state index contributed by atoms with van der Waals surface area (Å²) in [6.07, 6.45) is 0. The molecule has 0 amide bonds. The number of aryl methyl sites for hydroxylation is 2. The SMILES string of the molecule is Cc1ccc2c(c1)C1(c3ccccc3N(c3ccccc3)c3ccccc31)c1cc(C)ccc1N2c1ccc2c3c1C(C)(C)c1cccc4c1B3c1c(cccc1C4(C)C)O2. The Hall–Kier alpha value is -6.78. The van der Waals surface area contributed by atoms with Crippen LogP contribution in [-0.2, 0) is 16.2 Å². The summed E-state index contributed by atoms with van der Waals surface area (Å²) in [5, 5.41) is 0. The van der Waals surface area contributed by atoms with E-state index in [1.54, 1.807) is 0 Å². The predicted octanol–water partition coefficient (Wildman–Crippen LogP) is 12.2. The van der Waals surface area contributed by atoms with Crippen molar-refractivity contribution in [3.8, 4) is 11.5 Å². The molecule has 0 atom stereocenters. The van der Waals surface area contributed by atoms with Crippen LogP contribution in [0.2, 0.25) is 0 Å². The minimum absolute atomic E-state index is 0.0873. The van der Waals surface area contributed by atoms with Gasteiger partial charge in [0.05, 0.1) is 28.2 Å². The number of anilines is 6. The summed E-state index contributed by atoms with van der Waals surface area (Å²) < 4.78 is 7.04. The largest absolute Gasteiger partial charge is 0.458 e. The molecule has 0 aliphatic carbocycles. The molecule has 8 aromatic carbocycles. The number of para-hydroxylation sites is 3. The Morgan fingerprint density at radius 3 is 1.52 bits per heavy atom. The van der Waals surface area contributed by atoms with Crippen LogP contribution >= 0.6 is 0 Å². The van der Waals surface area contributed by atoms with Gasteiger partial charge < -0.3 is 14.5 Å². The maximum absolute atomic E-state index is 7.04. The molecule has 0 bridgehead atoms. The summed E-state index contributed by atoms with van der Waals surface area (Å²) >= 11 is 0. The Balaban J connectivity index is 1.14. The van der Waals surface area contributed by atoms with E-state index < -0.39 is 5.41 Å². The van der Waals surface area contributed by atoms with Crippen LogP contribution in [0, 0.1) is 13.8 Å². The molecule has 0 fully saturated rings. The molecule has 0 saturated carbocycles. The van der Waals surface area contributed by atoms with Gasteiger partial charge in [-0.15, -0.1) is 0 Å². The van der Waals surface area contributed by atoms with Gasteiger partial charge in [-0.25, -0.2) is 0 Å². The molecule has 3 nitrogen and oxygen atoms in total. The molecule has 292 valence electrons. The number of hydrogen-bond acceptors (Lipinski definition) is 3. The second-order valence-electron chi connectivity index (χ2n) is 19.0. The zero-order valence-corrected chi connectivity index (χ0v) is 35.5. The Kier molecular flexibility index (Phi) is 6.74. The molecule has 0 radical (unpaired) electrons. The molecular weight excluding hydrogens is 739 g/mol. The number of rotatable bonds is 2. The van der Waals surface area contributed by atoms with Crippen LogP contribution in [0.25, 0.3) is 0 Å².